The summed E-state index contributed by atoms with van der Waals surface area (Å²) in [4.78, 5) is 4.25. The molecule has 0 aliphatic heterocycles. The summed E-state index contributed by atoms with van der Waals surface area (Å²) in [6.07, 6.45) is 3.93. The van der Waals surface area contributed by atoms with Gasteiger partial charge in [-0.05, 0) is 40.9 Å². The van der Waals surface area contributed by atoms with Gasteiger partial charge in [-0.1, -0.05) is 13.3 Å². The topological polar surface area (TPSA) is 24.9 Å². The van der Waals surface area contributed by atoms with Crippen LogP contribution in [0.15, 0.2) is 16.7 Å². The maximum Gasteiger partial charge on any atom is 0.140 e. The van der Waals surface area contributed by atoms with E-state index in [0.717, 1.165) is 29.7 Å². The minimum absolute atomic E-state index is 0.171. The highest BCUT2D eigenvalue weighted by atomic mass is 79.9. The van der Waals surface area contributed by atoms with Crippen molar-refractivity contribution in [2.75, 3.05) is 11.9 Å². The third-order valence-electron chi connectivity index (χ3n) is 2.18. The molecule has 1 aromatic rings. The van der Waals surface area contributed by atoms with Crippen molar-refractivity contribution in [3.8, 4) is 0 Å². The molecule has 84 valence electrons. The number of nitrogens with one attached hydrogen (secondary N) is 1. The van der Waals surface area contributed by atoms with Crippen molar-refractivity contribution in [2.24, 2.45) is 0 Å². The maximum absolute atomic E-state index is 6.12. The van der Waals surface area contributed by atoms with E-state index in [1.807, 2.05) is 13.0 Å². The summed E-state index contributed by atoms with van der Waals surface area (Å²) in [7, 11) is 0. The molecule has 1 atom stereocenters. The van der Waals surface area contributed by atoms with E-state index in [4.69, 9.17) is 11.6 Å². The molecule has 1 N–H and O–H groups in total. The molecule has 0 fully saturated rings. The Morgan fingerprint density at radius 3 is 3.00 bits per heavy atom. The van der Waals surface area contributed by atoms with Crippen molar-refractivity contribution >= 4 is 33.3 Å². The van der Waals surface area contributed by atoms with Gasteiger partial charge in [0.05, 0.1) is 9.85 Å². The maximum atomic E-state index is 6.12. The van der Waals surface area contributed by atoms with Crippen molar-refractivity contribution in [3.63, 3.8) is 0 Å². The van der Waals surface area contributed by atoms with E-state index in [0.29, 0.717) is 0 Å². The molecule has 0 aliphatic carbocycles. The predicted molar refractivity (Wildman–Crippen MR) is 69.7 cm³/mol. The van der Waals surface area contributed by atoms with Crippen LogP contribution in [0.3, 0.4) is 0 Å². The van der Waals surface area contributed by atoms with E-state index >= 15 is 0 Å². The van der Waals surface area contributed by atoms with E-state index < -0.39 is 0 Å². The highest BCUT2D eigenvalue weighted by Crippen LogP contribution is 2.23. The highest BCUT2D eigenvalue weighted by Gasteiger charge is 2.06. The molecule has 0 radical (unpaired) electrons. The molecule has 0 spiro atoms. The summed E-state index contributed by atoms with van der Waals surface area (Å²) < 4.78 is 1.02. The second-order valence-corrected chi connectivity index (χ2v) is 4.97. The lowest BCUT2D eigenvalue weighted by atomic mass is 10.2. The monoisotopic (exact) mass is 290 g/mol. The third-order valence-corrected chi connectivity index (χ3v) is 3.55. The van der Waals surface area contributed by atoms with Crippen molar-refractivity contribution in [2.45, 2.75) is 32.1 Å². The number of hydrogen-bond acceptors (Lipinski definition) is 2. The molecule has 0 aliphatic rings. The van der Waals surface area contributed by atoms with E-state index in [-0.39, 0.29) is 5.38 Å². The fourth-order valence-electron chi connectivity index (χ4n) is 1.29. The largest absolute Gasteiger partial charge is 0.368 e. The summed E-state index contributed by atoms with van der Waals surface area (Å²) in [6.45, 7) is 4.93. The van der Waals surface area contributed by atoms with Gasteiger partial charge in [0.2, 0.25) is 0 Å². The number of aryl methyl sites for hydroxylation is 1. The first-order valence-electron chi connectivity index (χ1n) is 5.14. The van der Waals surface area contributed by atoms with E-state index in [9.17, 15) is 0 Å². The van der Waals surface area contributed by atoms with Crippen LogP contribution in [-0.2, 0) is 0 Å². The van der Waals surface area contributed by atoms with Crippen LogP contribution in [0.5, 0.6) is 0 Å². The van der Waals surface area contributed by atoms with Crippen molar-refractivity contribution < 1.29 is 0 Å². The second kappa shape index (κ2) is 6.33. The van der Waals surface area contributed by atoms with Crippen LogP contribution in [0.25, 0.3) is 0 Å². The number of pyridine rings is 1. The molecule has 0 aromatic carbocycles. The molecule has 2 nitrogen and oxygen atoms in total. The van der Waals surface area contributed by atoms with Gasteiger partial charge in [0.25, 0.3) is 0 Å². The normalized spacial score (nSPS) is 12.5. The number of nitrogens with zero attached hydrogens (tertiary/aromatic N) is 1. The minimum Gasteiger partial charge on any atom is -0.368 e. The first kappa shape index (κ1) is 12.8. The fraction of sp³-hybridized carbons (Fsp3) is 0.545. The molecule has 0 saturated carbocycles. The van der Waals surface area contributed by atoms with Gasteiger partial charge in [0, 0.05) is 12.7 Å². The summed E-state index contributed by atoms with van der Waals surface area (Å²) in [5.41, 5.74) is 1.18. The minimum atomic E-state index is 0.171. The molecule has 1 rings (SSSR count). The predicted octanol–water partition coefficient (Wildman–Crippen LogP) is 3.97. The Bertz CT molecular complexity index is 317. The highest BCUT2D eigenvalue weighted by molar-refractivity contribution is 9.10. The van der Waals surface area contributed by atoms with Gasteiger partial charge >= 0.3 is 0 Å². The van der Waals surface area contributed by atoms with Crippen LogP contribution >= 0.6 is 27.5 Å². The van der Waals surface area contributed by atoms with Crippen molar-refractivity contribution in [3.05, 3.63) is 22.3 Å². The van der Waals surface area contributed by atoms with Crippen LogP contribution in [0.2, 0.25) is 0 Å². The summed E-state index contributed by atoms with van der Waals surface area (Å²) in [5, 5.41) is 3.42. The molecule has 1 aromatic heterocycles. The van der Waals surface area contributed by atoms with E-state index in [1.165, 1.54) is 5.56 Å². The molecule has 1 heterocycles. The zero-order valence-corrected chi connectivity index (χ0v) is 11.4. The molecular formula is C11H16BrClN2. The van der Waals surface area contributed by atoms with Gasteiger partial charge in [-0.15, -0.1) is 11.6 Å². The van der Waals surface area contributed by atoms with Crippen molar-refractivity contribution in [1.29, 1.82) is 0 Å². The standard InChI is InChI=1S/C11H16BrClN2/c1-3-4-9(13)7-15-11-10(12)8(2)5-6-14-11/h5-6,9H,3-4,7H2,1-2H3,(H,14,15). The van der Waals surface area contributed by atoms with Gasteiger partial charge in [-0.3, -0.25) is 0 Å². The third kappa shape index (κ3) is 3.99. The van der Waals surface area contributed by atoms with Gasteiger partial charge in [-0.25, -0.2) is 4.98 Å². The average Bonchev–Trinajstić information content (AvgIpc) is 2.21. The molecule has 15 heavy (non-hydrogen) atoms. The number of alkyl halides is 1. The summed E-state index contributed by atoms with van der Waals surface area (Å²) in [5.74, 6) is 0.872. The number of hydrogen-bond donors (Lipinski definition) is 1. The van der Waals surface area contributed by atoms with Gasteiger partial charge in [0.1, 0.15) is 5.82 Å². The first-order chi connectivity index (χ1) is 7.15. The van der Waals surface area contributed by atoms with Gasteiger partial charge in [0.15, 0.2) is 0 Å². The summed E-state index contributed by atoms with van der Waals surface area (Å²) in [6, 6.07) is 1.97. The Morgan fingerprint density at radius 1 is 1.60 bits per heavy atom. The van der Waals surface area contributed by atoms with Gasteiger partial charge < -0.3 is 5.32 Å². The van der Waals surface area contributed by atoms with Gasteiger partial charge in [-0.2, -0.15) is 0 Å². The van der Waals surface area contributed by atoms with Crippen LogP contribution in [0, 0.1) is 6.92 Å². The Morgan fingerprint density at radius 2 is 2.33 bits per heavy atom. The SMILES string of the molecule is CCCC(Cl)CNc1nccc(C)c1Br. The zero-order chi connectivity index (χ0) is 11.3. The lowest BCUT2D eigenvalue weighted by Crippen LogP contribution is -2.15. The van der Waals surface area contributed by atoms with Crippen LogP contribution in [0.4, 0.5) is 5.82 Å². The fourth-order valence-corrected chi connectivity index (χ4v) is 1.96. The number of halogens is 2. The number of aromatic nitrogens is 1. The number of rotatable bonds is 5. The van der Waals surface area contributed by atoms with E-state index in [1.54, 1.807) is 6.20 Å². The Kier molecular flexibility index (Phi) is 5.40. The molecule has 4 heteroatoms. The molecular weight excluding hydrogens is 275 g/mol. The van der Waals surface area contributed by atoms with Crippen LogP contribution in [-0.4, -0.2) is 16.9 Å². The van der Waals surface area contributed by atoms with E-state index in [2.05, 4.69) is 33.2 Å². The molecule has 1 unspecified atom stereocenters. The lowest BCUT2D eigenvalue weighted by molar-refractivity contribution is 0.750. The lowest BCUT2D eigenvalue weighted by Gasteiger charge is -2.12. The van der Waals surface area contributed by atoms with Crippen LogP contribution in [0.1, 0.15) is 25.3 Å². The Balaban J connectivity index is 2.54. The summed E-state index contributed by atoms with van der Waals surface area (Å²) >= 11 is 9.62. The quantitative estimate of drug-likeness (QED) is 0.830. The molecule has 0 amide bonds. The second-order valence-electron chi connectivity index (χ2n) is 3.56. The molecule has 0 bridgehead atoms. The Labute approximate surface area is 105 Å². The van der Waals surface area contributed by atoms with Crippen molar-refractivity contribution in [1.82, 2.24) is 4.98 Å². The molecule has 0 saturated heterocycles. The average molecular weight is 292 g/mol. The first-order valence-corrected chi connectivity index (χ1v) is 6.37. The van der Waals surface area contributed by atoms with Crippen LogP contribution < -0.4 is 5.32 Å². The Hall–Kier alpha value is -0.280. The zero-order valence-electron chi connectivity index (χ0n) is 9.06. The smallest absolute Gasteiger partial charge is 0.140 e. The number of anilines is 1.